The van der Waals surface area contributed by atoms with E-state index < -0.39 is 0 Å². The first kappa shape index (κ1) is 14.0. The van der Waals surface area contributed by atoms with E-state index in [1.807, 2.05) is 30.0 Å². The summed E-state index contributed by atoms with van der Waals surface area (Å²) in [4.78, 5) is 0. The highest BCUT2D eigenvalue weighted by molar-refractivity contribution is 7.98. The van der Waals surface area contributed by atoms with Gasteiger partial charge in [-0.25, -0.2) is 0 Å². The van der Waals surface area contributed by atoms with Crippen molar-refractivity contribution in [3.8, 4) is 0 Å². The first-order chi connectivity index (χ1) is 9.74. The van der Waals surface area contributed by atoms with Gasteiger partial charge in [-0.15, -0.1) is 0 Å². The molecule has 2 atom stereocenters. The van der Waals surface area contributed by atoms with Gasteiger partial charge in [0.1, 0.15) is 0 Å². The standard InChI is InChI=1S/C17H18ClNS/c1-12(13-6-4-7-15(18)9-13)19-17-11-20-10-14-5-2-3-8-16(14)17/h2-9,12,17,19H,10-11H2,1H3. The van der Waals surface area contributed by atoms with Crippen LogP contribution in [0.5, 0.6) is 0 Å². The smallest absolute Gasteiger partial charge is 0.0419 e. The van der Waals surface area contributed by atoms with Gasteiger partial charge in [0.15, 0.2) is 0 Å². The number of benzene rings is 2. The van der Waals surface area contributed by atoms with Crippen molar-refractivity contribution in [1.29, 1.82) is 0 Å². The largest absolute Gasteiger partial charge is 0.303 e. The maximum absolute atomic E-state index is 6.08. The van der Waals surface area contributed by atoms with Crippen LogP contribution >= 0.6 is 23.4 Å². The predicted octanol–water partition coefficient (Wildman–Crippen LogP) is 4.98. The Labute approximate surface area is 129 Å². The molecule has 0 saturated heterocycles. The molecule has 1 heterocycles. The highest BCUT2D eigenvalue weighted by Crippen LogP contribution is 2.33. The number of thioether (sulfide) groups is 1. The minimum Gasteiger partial charge on any atom is -0.303 e. The van der Waals surface area contributed by atoms with E-state index in [1.165, 1.54) is 16.7 Å². The Kier molecular flexibility index (Phi) is 4.35. The van der Waals surface area contributed by atoms with E-state index in [1.54, 1.807) is 0 Å². The molecule has 1 nitrogen and oxygen atoms in total. The lowest BCUT2D eigenvalue weighted by atomic mass is 10.00. The topological polar surface area (TPSA) is 12.0 Å². The molecule has 2 unspecified atom stereocenters. The van der Waals surface area contributed by atoms with Crippen LogP contribution in [0.3, 0.4) is 0 Å². The molecule has 104 valence electrons. The zero-order valence-electron chi connectivity index (χ0n) is 11.5. The molecule has 3 heteroatoms. The molecular weight excluding hydrogens is 286 g/mol. The third kappa shape index (κ3) is 3.03. The summed E-state index contributed by atoms with van der Waals surface area (Å²) in [6, 6.07) is 17.6. The number of halogens is 1. The van der Waals surface area contributed by atoms with Gasteiger partial charge in [-0.05, 0) is 35.7 Å². The summed E-state index contributed by atoms with van der Waals surface area (Å²) in [7, 11) is 0. The lowest BCUT2D eigenvalue weighted by Gasteiger charge is -2.29. The summed E-state index contributed by atoms with van der Waals surface area (Å²) < 4.78 is 0. The summed E-state index contributed by atoms with van der Waals surface area (Å²) in [5, 5.41) is 4.54. The Bertz CT molecular complexity index is 599. The molecule has 0 radical (unpaired) electrons. The maximum atomic E-state index is 6.08. The fourth-order valence-electron chi connectivity index (χ4n) is 2.69. The van der Waals surface area contributed by atoms with Crippen molar-refractivity contribution in [3.05, 3.63) is 70.2 Å². The molecule has 0 fully saturated rings. The maximum Gasteiger partial charge on any atom is 0.0419 e. The molecule has 0 amide bonds. The molecule has 0 aromatic heterocycles. The second-order valence-corrected chi connectivity index (χ2v) is 6.68. The van der Waals surface area contributed by atoms with Crippen LogP contribution in [0.2, 0.25) is 5.02 Å². The Balaban J connectivity index is 1.79. The SMILES string of the molecule is CC(NC1CSCc2ccccc21)c1cccc(Cl)c1. The minimum absolute atomic E-state index is 0.297. The van der Waals surface area contributed by atoms with E-state index in [4.69, 9.17) is 11.6 Å². The third-order valence-corrected chi connectivity index (χ3v) is 5.09. The van der Waals surface area contributed by atoms with Crippen molar-refractivity contribution in [3.63, 3.8) is 0 Å². The normalized spacial score (nSPS) is 19.4. The summed E-state index contributed by atoms with van der Waals surface area (Å²) in [6.45, 7) is 2.20. The lowest BCUT2D eigenvalue weighted by Crippen LogP contribution is -2.29. The van der Waals surface area contributed by atoms with Crippen LogP contribution in [-0.2, 0) is 5.75 Å². The van der Waals surface area contributed by atoms with E-state index in [0.717, 1.165) is 16.5 Å². The molecule has 2 aromatic rings. The van der Waals surface area contributed by atoms with Gasteiger partial charge >= 0.3 is 0 Å². The summed E-state index contributed by atoms with van der Waals surface area (Å²) in [5.74, 6) is 2.25. The second-order valence-electron chi connectivity index (χ2n) is 5.21. The molecule has 2 aromatic carbocycles. The zero-order valence-corrected chi connectivity index (χ0v) is 13.0. The van der Waals surface area contributed by atoms with Gasteiger partial charge in [0.25, 0.3) is 0 Å². The summed E-state index contributed by atoms with van der Waals surface area (Å²) >= 11 is 8.08. The second kappa shape index (κ2) is 6.21. The van der Waals surface area contributed by atoms with E-state index in [-0.39, 0.29) is 0 Å². The Hall–Kier alpha value is -0.960. The van der Waals surface area contributed by atoms with Gasteiger partial charge in [0.2, 0.25) is 0 Å². The average Bonchev–Trinajstić information content (AvgIpc) is 2.47. The molecule has 1 N–H and O–H groups in total. The van der Waals surface area contributed by atoms with Crippen LogP contribution < -0.4 is 5.32 Å². The third-order valence-electron chi connectivity index (χ3n) is 3.77. The van der Waals surface area contributed by atoms with Crippen molar-refractivity contribution in [2.75, 3.05) is 5.75 Å². The summed E-state index contributed by atoms with van der Waals surface area (Å²) in [6.07, 6.45) is 0. The van der Waals surface area contributed by atoms with Gasteiger partial charge in [0, 0.05) is 28.6 Å². The van der Waals surface area contributed by atoms with Crippen LogP contribution in [0.1, 0.15) is 35.7 Å². The van der Waals surface area contributed by atoms with Gasteiger partial charge < -0.3 is 5.32 Å². The predicted molar refractivity (Wildman–Crippen MR) is 88.3 cm³/mol. The number of hydrogen-bond acceptors (Lipinski definition) is 2. The van der Waals surface area contributed by atoms with Crippen LogP contribution in [-0.4, -0.2) is 5.75 Å². The first-order valence-electron chi connectivity index (χ1n) is 6.91. The Morgan fingerprint density at radius 2 is 2.05 bits per heavy atom. The van der Waals surface area contributed by atoms with E-state index in [9.17, 15) is 0 Å². The fraction of sp³-hybridized carbons (Fsp3) is 0.294. The molecule has 0 spiro atoms. The molecular formula is C17H18ClNS. The monoisotopic (exact) mass is 303 g/mol. The molecule has 3 rings (SSSR count). The zero-order chi connectivity index (χ0) is 13.9. The number of hydrogen-bond donors (Lipinski definition) is 1. The van der Waals surface area contributed by atoms with E-state index in [2.05, 4.69) is 42.6 Å². The molecule has 0 bridgehead atoms. The minimum atomic E-state index is 0.297. The number of fused-ring (bicyclic) bond motifs is 1. The van der Waals surface area contributed by atoms with Gasteiger partial charge in [0.05, 0.1) is 0 Å². The van der Waals surface area contributed by atoms with Crippen molar-refractivity contribution in [2.24, 2.45) is 0 Å². The van der Waals surface area contributed by atoms with Crippen molar-refractivity contribution < 1.29 is 0 Å². The first-order valence-corrected chi connectivity index (χ1v) is 8.44. The van der Waals surface area contributed by atoms with Crippen LogP contribution in [0, 0.1) is 0 Å². The fourth-order valence-corrected chi connectivity index (χ4v) is 4.00. The van der Waals surface area contributed by atoms with E-state index in [0.29, 0.717) is 12.1 Å². The van der Waals surface area contributed by atoms with E-state index >= 15 is 0 Å². The van der Waals surface area contributed by atoms with Crippen molar-refractivity contribution in [2.45, 2.75) is 24.8 Å². The molecule has 1 aliphatic heterocycles. The molecule has 0 aliphatic carbocycles. The van der Waals surface area contributed by atoms with Crippen LogP contribution in [0.4, 0.5) is 0 Å². The van der Waals surface area contributed by atoms with Gasteiger partial charge in [-0.3, -0.25) is 0 Å². The van der Waals surface area contributed by atoms with Crippen LogP contribution in [0.15, 0.2) is 48.5 Å². The summed E-state index contributed by atoms with van der Waals surface area (Å²) in [5.41, 5.74) is 4.14. The molecule has 0 saturated carbocycles. The Morgan fingerprint density at radius 1 is 1.20 bits per heavy atom. The molecule has 20 heavy (non-hydrogen) atoms. The Morgan fingerprint density at radius 3 is 2.90 bits per heavy atom. The average molecular weight is 304 g/mol. The highest BCUT2D eigenvalue weighted by Gasteiger charge is 2.21. The lowest BCUT2D eigenvalue weighted by molar-refractivity contribution is 0.496. The van der Waals surface area contributed by atoms with Crippen LogP contribution in [0.25, 0.3) is 0 Å². The quantitative estimate of drug-likeness (QED) is 0.858. The highest BCUT2D eigenvalue weighted by atomic mass is 35.5. The number of rotatable bonds is 3. The molecule has 1 aliphatic rings. The van der Waals surface area contributed by atoms with Gasteiger partial charge in [-0.2, -0.15) is 11.8 Å². The van der Waals surface area contributed by atoms with Crippen molar-refractivity contribution >= 4 is 23.4 Å². The van der Waals surface area contributed by atoms with Gasteiger partial charge in [-0.1, -0.05) is 48.0 Å². The number of nitrogens with one attached hydrogen (secondary N) is 1. The van der Waals surface area contributed by atoms with Crippen molar-refractivity contribution in [1.82, 2.24) is 5.32 Å².